The average molecular weight is 511 g/mol. The molecule has 0 radical (unpaired) electrons. The van der Waals surface area contributed by atoms with E-state index >= 15 is 0 Å². The van der Waals surface area contributed by atoms with Gasteiger partial charge in [0.25, 0.3) is 0 Å². The number of pyridine rings is 1. The molecule has 0 unspecified atom stereocenters. The predicted octanol–water partition coefficient (Wildman–Crippen LogP) is 3.15. The fourth-order valence-electron chi connectivity index (χ4n) is 3.60. The highest BCUT2D eigenvalue weighted by Gasteiger charge is 2.16. The average Bonchev–Trinajstić information content (AvgIpc) is 2.95. The second kappa shape index (κ2) is 10.8. The molecule has 1 fully saturated rings. The third-order valence-corrected chi connectivity index (χ3v) is 5.69. The summed E-state index contributed by atoms with van der Waals surface area (Å²) in [6.07, 6.45) is 4.47. The van der Waals surface area contributed by atoms with Gasteiger partial charge in [0.05, 0.1) is 5.69 Å². The molecule has 0 atom stereocenters. The molecular weight excluding hydrogens is 477 g/mol. The van der Waals surface area contributed by atoms with Crippen LogP contribution in [0.5, 0.6) is 0 Å². The van der Waals surface area contributed by atoms with Crippen molar-refractivity contribution in [2.24, 2.45) is 18.0 Å². The number of nitrogens with one attached hydrogen (secondary N) is 2. The van der Waals surface area contributed by atoms with Gasteiger partial charge in [0, 0.05) is 57.7 Å². The van der Waals surface area contributed by atoms with Gasteiger partial charge < -0.3 is 15.5 Å². The van der Waals surface area contributed by atoms with Gasteiger partial charge in [-0.2, -0.15) is 5.10 Å². The minimum absolute atomic E-state index is 0. The van der Waals surface area contributed by atoms with E-state index in [1.807, 2.05) is 24.9 Å². The fourth-order valence-corrected chi connectivity index (χ4v) is 3.60. The number of halogens is 1. The first-order chi connectivity index (χ1) is 13.5. The quantitative estimate of drug-likeness (QED) is 0.367. The molecule has 8 heteroatoms. The number of aryl methyl sites for hydroxylation is 2. The van der Waals surface area contributed by atoms with Crippen molar-refractivity contribution in [3.63, 3.8) is 0 Å². The van der Waals surface area contributed by atoms with Crippen molar-refractivity contribution in [2.45, 2.75) is 46.7 Å². The van der Waals surface area contributed by atoms with Crippen molar-refractivity contribution < 1.29 is 0 Å². The number of hydrogen-bond acceptors (Lipinski definition) is 4. The van der Waals surface area contributed by atoms with Crippen LogP contribution >= 0.6 is 24.0 Å². The molecule has 3 heterocycles. The van der Waals surface area contributed by atoms with Gasteiger partial charge in [-0.3, -0.25) is 9.67 Å². The highest BCUT2D eigenvalue weighted by molar-refractivity contribution is 14.0. The number of anilines is 1. The van der Waals surface area contributed by atoms with Crippen molar-refractivity contribution in [1.29, 1.82) is 0 Å². The highest BCUT2D eigenvalue weighted by Crippen LogP contribution is 2.21. The van der Waals surface area contributed by atoms with Crippen LogP contribution < -0.4 is 15.5 Å². The van der Waals surface area contributed by atoms with Crippen LogP contribution in [0.15, 0.2) is 23.3 Å². The van der Waals surface area contributed by atoms with E-state index in [0.29, 0.717) is 13.1 Å². The standard InChI is InChI=1S/C21H33N7.HI/c1-15-8-10-28(11-9-15)20-7-6-18(12-23-20)13-24-21(22-4)25-14-19-16(2)26-27(5)17(19)3;/h6-7,12,15H,8-11,13-14H2,1-5H3,(H2,22,24,25);1H. The lowest BCUT2D eigenvalue weighted by atomic mass is 9.99. The molecule has 0 spiro atoms. The van der Waals surface area contributed by atoms with E-state index in [0.717, 1.165) is 42.0 Å². The molecule has 7 nitrogen and oxygen atoms in total. The van der Waals surface area contributed by atoms with Crippen LogP contribution in [0.25, 0.3) is 0 Å². The monoisotopic (exact) mass is 511 g/mol. The Labute approximate surface area is 191 Å². The van der Waals surface area contributed by atoms with Crippen LogP contribution in [0.3, 0.4) is 0 Å². The molecule has 0 amide bonds. The Balaban J connectivity index is 0.00000300. The van der Waals surface area contributed by atoms with Crippen LogP contribution in [0.1, 0.15) is 42.3 Å². The van der Waals surface area contributed by atoms with Crippen LogP contribution in [0.2, 0.25) is 0 Å². The van der Waals surface area contributed by atoms with Gasteiger partial charge in [0.2, 0.25) is 0 Å². The number of aliphatic imine (C=N–C) groups is 1. The Bertz CT molecular complexity index is 805. The normalized spacial score (nSPS) is 15.2. The number of rotatable bonds is 5. The molecule has 0 saturated carbocycles. The Hall–Kier alpha value is -1.84. The molecule has 2 N–H and O–H groups in total. The van der Waals surface area contributed by atoms with E-state index in [9.17, 15) is 0 Å². The summed E-state index contributed by atoms with van der Waals surface area (Å²) in [6.45, 7) is 10.1. The molecule has 0 aromatic carbocycles. The van der Waals surface area contributed by atoms with Gasteiger partial charge in [-0.15, -0.1) is 24.0 Å². The summed E-state index contributed by atoms with van der Waals surface area (Å²) in [5.41, 5.74) is 4.58. The van der Waals surface area contributed by atoms with Gasteiger partial charge in [-0.05, 0) is 44.2 Å². The molecule has 1 saturated heterocycles. The van der Waals surface area contributed by atoms with E-state index in [2.05, 4.69) is 56.6 Å². The van der Waals surface area contributed by atoms with E-state index in [-0.39, 0.29) is 24.0 Å². The number of aromatic nitrogens is 3. The Morgan fingerprint density at radius 1 is 1.17 bits per heavy atom. The third kappa shape index (κ3) is 6.07. The van der Waals surface area contributed by atoms with Gasteiger partial charge in [-0.25, -0.2) is 4.98 Å². The maximum Gasteiger partial charge on any atom is 0.191 e. The molecule has 0 aliphatic carbocycles. The second-order valence-corrected chi connectivity index (χ2v) is 7.75. The Kier molecular flexibility index (Phi) is 8.73. The maximum atomic E-state index is 4.67. The van der Waals surface area contributed by atoms with Crippen molar-refractivity contribution >= 4 is 35.8 Å². The first kappa shape index (κ1) is 23.4. The molecule has 2 aromatic rings. The van der Waals surface area contributed by atoms with Crippen molar-refractivity contribution in [3.05, 3.63) is 40.8 Å². The molecule has 160 valence electrons. The number of hydrogen-bond donors (Lipinski definition) is 2. The number of guanidine groups is 1. The number of nitrogens with zero attached hydrogens (tertiary/aromatic N) is 5. The second-order valence-electron chi connectivity index (χ2n) is 7.75. The lowest BCUT2D eigenvalue weighted by molar-refractivity contribution is 0.436. The van der Waals surface area contributed by atoms with Crippen LogP contribution in [0.4, 0.5) is 5.82 Å². The molecule has 3 rings (SSSR count). The first-order valence-corrected chi connectivity index (χ1v) is 10.1. The zero-order valence-electron chi connectivity index (χ0n) is 18.2. The SMILES string of the molecule is CN=C(NCc1ccc(N2CCC(C)CC2)nc1)NCc1c(C)nn(C)c1C.I. The lowest BCUT2D eigenvalue weighted by Crippen LogP contribution is -2.36. The highest BCUT2D eigenvalue weighted by atomic mass is 127. The Morgan fingerprint density at radius 2 is 1.86 bits per heavy atom. The molecule has 0 bridgehead atoms. The number of piperidine rings is 1. The van der Waals surface area contributed by atoms with Gasteiger partial charge >= 0.3 is 0 Å². The van der Waals surface area contributed by atoms with Crippen LogP contribution in [0, 0.1) is 19.8 Å². The van der Waals surface area contributed by atoms with Gasteiger partial charge in [-0.1, -0.05) is 13.0 Å². The minimum atomic E-state index is 0. The zero-order valence-corrected chi connectivity index (χ0v) is 20.5. The summed E-state index contributed by atoms with van der Waals surface area (Å²) in [5, 5.41) is 11.2. The molecule has 1 aliphatic heterocycles. The van der Waals surface area contributed by atoms with E-state index < -0.39 is 0 Å². The first-order valence-electron chi connectivity index (χ1n) is 10.1. The van der Waals surface area contributed by atoms with Gasteiger partial charge in [0.15, 0.2) is 5.96 Å². The molecular formula is C21H34IN7. The largest absolute Gasteiger partial charge is 0.357 e. The van der Waals surface area contributed by atoms with E-state index in [4.69, 9.17) is 0 Å². The molecule has 2 aromatic heterocycles. The molecule has 1 aliphatic rings. The smallest absolute Gasteiger partial charge is 0.191 e. The summed E-state index contributed by atoms with van der Waals surface area (Å²) in [4.78, 5) is 11.4. The van der Waals surface area contributed by atoms with Crippen LogP contribution in [-0.4, -0.2) is 40.9 Å². The van der Waals surface area contributed by atoms with Crippen LogP contribution in [-0.2, 0) is 20.1 Å². The predicted molar refractivity (Wildman–Crippen MR) is 130 cm³/mol. The van der Waals surface area contributed by atoms with Crippen molar-refractivity contribution in [2.75, 3.05) is 25.0 Å². The summed E-state index contributed by atoms with van der Waals surface area (Å²) < 4.78 is 1.92. The summed E-state index contributed by atoms with van der Waals surface area (Å²) in [6, 6.07) is 4.28. The lowest BCUT2D eigenvalue weighted by Gasteiger charge is -2.31. The maximum absolute atomic E-state index is 4.67. The minimum Gasteiger partial charge on any atom is -0.357 e. The topological polar surface area (TPSA) is 70.4 Å². The van der Waals surface area contributed by atoms with E-state index in [1.54, 1.807) is 7.05 Å². The Morgan fingerprint density at radius 3 is 2.41 bits per heavy atom. The van der Waals surface area contributed by atoms with Crippen molar-refractivity contribution in [1.82, 2.24) is 25.4 Å². The van der Waals surface area contributed by atoms with Crippen molar-refractivity contribution in [3.8, 4) is 0 Å². The summed E-state index contributed by atoms with van der Waals surface area (Å²) in [5.74, 6) is 2.69. The molecule has 29 heavy (non-hydrogen) atoms. The summed E-state index contributed by atoms with van der Waals surface area (Å²) in [7, 11) is 3.76. The summed E-state index contributed by atoms with van der Waals surface area (Å²) >= 11 is 0. The third-order valence-electron chi connectivity index (χ3n) is 5.69. The van der Waals surface area contributed by atoms with E-state index in [1.165, 1.54) is 24.1 Å². The fraction of sp³-hybridized carbons (Fsp3) is 0.571. The van der Waals surface area contributed by atoms with Gasteiger partial charge in [0.1, 0.15) is 5.82 Å². The zero-order chi connectivity index (χ0) is 20.1.